The number of nitrogens with two attached hydrogens (primary N) is 1. The summed E-state index contributed by atoms with van der Waals surface area (Å²) >= 11 is 0. The Morgan fingerprint density at radius 2 is 1.95 bits per heavy atom. The molecule has 19 heavy (non-hydrogen) atoms. The number of ether oxygens (including phenoxy) is 1. The van der Waals surface area contributed by atoms with Crippen LogP contribution in [0.25, 0.3) is 0 Å². The average Bonchev–Trinajstić information content (AvgIpc) is 2.37. The molecule has 108 valence electrons. The fraction of sp³-hybridized carbons (Fsp3) is 0.500. The molecular formula is C14H22ClNO3. The molecule has 0 aromatic heterocycles. The van der Waals surface area contributed by atoms with Crippen LogP contribution in [0.5, 0.6) is 5.75 Å². The molecule has 1 rings (SSSR count). The number of esters is 1. The lowest BCUT2D eigenvalue weighted by Crippen LogP contribution is -2.34. The highest BCUT2D eigenvalue weighted by Crippen LogP contribution is 2.11. The fourth-order valence-corrected chi connectivity index (χ4v) is 1.60. The number of halogens is 1. The zero-order valence-corrected chi connectivity index (χ0v) is 12.0. The number of carbonyl (C=O) groups excluding carboxylic acids is 1. The molecule has 0 aliphatic carbocycles. The molecule has 1 aromatic carbocycles. The third-order valence-electron chi connectivity index (χ3n) is 2.69. The summed E-state index contributed by atoms with van der Waals surface area (Å²) in [6.45, 7) is 2.54. The van der Waals surface area contributed by atoms with Gasteiger partial charge in [-0.05, 0) is 30.5 Å². The quantitative estimate of drug-likeness (QED) is 0.597. The minimum atomic E-state index is -0.642. The SMILES string of the molecule is CCCCCOC(=O)C(N)Cc1ccc(O)cc1.Cl. The van der Waals surface area contributed by atoms with Crippen molar-refractivity contribution in [3.8, 4) is 5.75 Å². The Kier molecular flexibility index (Phi) is 9.00. The molecule has 0 saturated heterocycles. The third kappa shape index (κ3) is 7.03. The second kappa shape index (κ2) is 9.64. The van der Waals surface area contributed by atoms with Crippen molar-refractivity contribution in [2.75, 3.05) is 6.61 Å². The molecule has 0 fully saturated rings. The molecule has 0 spiro atoms. The summed E-state index contributed by atoms with van der Waals surface area (Å²) in [6.07, 6.45) is 3.46. The maximum Gasteiger partial charge on any atom is 0.323 e. The van der Waals surface area contributed by atoms with Crippen LogP contribution in [0.1, 0.15) is 31.7 Å². The second-order valence-electron chi connectivity index (χ2n) is 4.35. The van der Waals surface area contributed by atoms with Gasteiger partial charge in [-0.15, -0.1) is 12.4 Å². The van der Waals surface area contributed by atoms with E-state index in [1.807, 2.05) is 0 Å². The van der Waals surface area contributed by atoms with E-state index in [1.165, 1.54) is 0 Å². The number of aromatic hydroxyl groups is 1. The monoisotopic (exact) mass is 287 g/mol. The Morgan fingerprint density at radius 1 is 1.32 bits per heavy atom. The van der Waals surface area contributed by atoms with Crippen molar-refractivity contribution in [3.63, 3.8) is 0 Å². The third-order valence-corrected chi connectivity index (χ3v) is 2.69. The van der Waals surface area contributed by atoms with Gasteiger partial charge in [0.05, 0.1) is 6.61 Å². The van der Waals surface area contributed by atoms with Gasteiger partial charge in [-0.25, -0.2) is 0 Å². The summed E-state index contributed by atoms with van der Waals surface area (Å²) < 4.78 is 5.09. The number of unbranched alkanes of at least 4 members (excludes halogenated alkanes) is 2. The molecule has 3 N–H and O–H groups in total. The van der Waals surface area contributed by atoms with Crippen LogP contribution in [0.2, 0.25) is 0 Å². The van der Waals surface area contributed by atoms with Gasteiger partial charge >= 0.3 is 5.97 Å². The predicted molar refractivity (Wildman–Crippen MR) is 77.5 cm³/mol. The van der Waals surface area contributed by atoms with Gasteiger partial charge in [-0.2, -0.15) is 0 Å². The molecule has 0 radical (unpaired) electrons. The van der Waals surface area contributed by atoms with Crippen LogP contribution in [0.15, 0.2) is 24.3 Å². The van der Waals surface area contributed by atoms with Gasteiger partial charge in [-0.1, -0.05) is 31.9 Å². The maximum atomic E-state index is 11.6. The molecule has 0 heterocycles. The van der Waals surface area contributed by atoms with E-state index in [4.69, 9.17) is 15.6 Å². The predicted octanol–water partition coefficient (Wildman–Crippen LogP) is 2.42. The van der Waals surface area contributed by atoms with Crippen molar-refractivity contribution in [2.24, 2.45) is 5.73 Å². The standard InChI is InChI=1S/C14H21NO3.ClH/c1-2-3-4-9-18-14(17)13(15)10-11-5-7-12(16)8-6-11;/h5-8,13,16H,2-4,9-10,15H2,1H3;1H. The van der Waals surface area contributed by atoms with Crippen molar-refractivity contribution in [3.05, 3.63) is 29.8 Å². The van der Waals surface area contributed by atoms with Crippen LogP contribution < -0.4 is 5.73 Å². The number of benzene rings is 1. The molecule has 4 nitrogen and oxygen atoms in total. The van der Waals surface area contributed by atoms with Crippen LogP contribution in [-0.2, 0) is 16.0 Å². The van der Waals surface area contributed by atoms with Crippen molar-refractivity contribution in [2.45, 2.75) is 38.6 Å². The number of phenolic OH excluding ortho intramolecular Hbond substituents is 1. The molecule has 1 atom stereocenters. The van der Waals surface area contributed by atoms with Gasteiger partial charge in [0, 0.05) is 0 Å². The first-order valence-corrected chi connectivity index (χ1v) is 6.33. The molecular weight excluding hydrogens is 266 g/mol. The molecule has 5 heteroatoms. The van der Waals surface area contributed by atoms with Crippen LogP contribution in [-0.4, -0.2) is 23.7 Å². The normalized spacial score (nSPS) is 11.5. The molecule has 0 saturated carbocycles. The number of hydrogen-bond acceptors (Lipinski definition) is 4. The van der Waals surface area contributed by atoms with Crippen molar-refractivity contribution >= 4 is 18.4 Å². The number of phenols is 1. The van der Waals surface area contributed by atoms with Crippen LogP contribution >= 0.6 is 12.4 Å². The second-order valence-corrected chi connectivity index (χ2v) is 4.35. The van der Waals surface area contributed by atoms with E-state index < -0.39 is 6.04 Å². The first-order valence-electron chi connectivity index (χ1n) is 6.33. The van der Waals surface area contributed by atoms with Crippen LogP contribution in [0.4, 0.5) is 0 Å². The summed E-state index contributed by atoms with van der Waals surface area (Å²) in [7, 11) is 0. The van der Waals surface area contributed by atoms with E-state index in [1.54, 1.807) is 24.3 Å². The molecule has 0 aliphatic heterocycles. The highest BCUT2D eigenvalue weighted by atomic mass is 35.5. The van der Waals surface area contributed by atoms with Gasteiger partial charge in [0.2, 0.25) is 0 Å². The highest BCUT2D eigenvalue weighted by Gasteiger charge is 2.15. The van der Waals surface area contributed by atoms with Gasteiger partial charge < -0.3 is 15.6 Å². The van der Waals surface area contributed by atoms with Crippen molar-refractivity contribution in [1.82, 2.24) is 0 Å². The Balaban J connectivity index is 0.00000324. The van der Waals surface area contributed by atoms with E-state index in [0.717, 1.165) is 24.8 Å². The summed E-state index contributed by atoms with van der Waals surface area (Å²) in [5.41, 5.74) is 6.67. The van der Waals surface area contributed by atoms with Crippen molar-refractivity contribution < 1.29 is 14.6 Å². The number of carbonyl (C=O) groups is 1. The minimum absolute atomic E-state index is 0. The van der Waals surface area contributed by atoms with E-state index in [2.05, 4.69) is 6.92 Å². The lowest BCUT2D eigenvalue weighted by molar-refractivity contribution is -0.145. The van der Waals surface area contributed by atoms with Gasteiger partial charge in [0.1, 0.15) is 11.8 Å². The Hall–Kier alpha value is -1.26. The lowest BCUT2D eigenvalue weighted by Gasteiger charge is -2.11. The first kappa shape index (κ1) is 17.7. The summed E-state index contributed by atoms with van der Waals surface area (Å²) in [4.78, 5) is 11.6. The summed E-state index contributed by atoms with van der Waals surface area (Å²) in [5, 5.41) is 9.14. The molecule has 0 amide bonds. The van der Waals surface area contributed by atoms with Gasteiger partial charge in [-0.3, -0.25) is 4.79 Å². The molecule has 0 aliphatic rings. The zero-order valence-electron chi connectivity index (χ0n) is 11.2. The average molecular weight is 288 g/mol. The highest BCUT2D eigenvalue weighted by molar-refractivity contribution is 5.85. The van der Waals surface area contributed by atoms with E-state index in [9.17, 15) is 4.79 Å². The van der Waals surface area contributed by atoms with Crippen LogP contribution in [0, 0.1) is 0 Å². The first-order chi connectivity index (χ1) is 8.63. The largest absolute Gasteiger partial charge is 0.508 e. The number of rotatable bonds is 7. The van der Waals surface area contributed by atoms with E-state index in [0.29, 0.717) is 13.0 Å². The molecule has 0 bridgehead atoms. The van der Waals surface area contributed by atoms with Crippen LogP contribution in [0.3, 0.4) is 0 Å². The molecule has 1 aromatic rings. The smallest absolute Gasteiger partial charge is 0.323 e. The minimum Gasteiger partial charge on any atom is -0.508 e. The lowest BCUT2D eigenvalue weighted by atomic mass is 10.1. The van der Waals surface area contributed by atoms with E-state index in [-0.39, 0.29) is 24.1 Å². The Morgan fingerprint density at radius 3 is 2.53 bits per heavy atom. The topological polar surface area (TPSA) is 72.5 Å². The van der Waals surface area contributed by atoms with Gasteiger partial charge in [0.15, 0.2) is 0 Å². The summed E-state index contributed by atoms with van der Waals surface area (Å²) in [6, 6.07) is 6.01. The number of hydrogen-bond donors (Lipinski definition) is 2. The fourth-order valence-electron chi connectivity index (χ4n) is 1.60. The Bertz CT molecular complexity index is 367. The maximum absolute atomic E-state index is 11.6. The molecule has 1 unspecified atom stereocenters. The van der Waals surface area contributed by atoms with E-state index >= 15 is 0 Å². The Labute approximate surface area is 120 Å². The van der Waals surface area contributed by atoms with Crippen molar-refractivity contribution in [1.29, 1.82) is 0 Å². The summed E-state index contributed by atoms with van der Waals surface area (Å²) in [5.74, 6) is -0.159. The zero-order chi connectivity index (χ0) is 13.4. The van der Waals surface area contributed by atoms with Gasteiger partial charge in [0.25, 0.3) is 0 Å².